The van der Waals surface area contributed by atoms with Crippen LogP contribution < -0.4 is 0 Å². The van der Waals surface area contributed by atoms with E-state index in [2.05, 4.69) is 59.8 Å². The fraction of sp³-hybridized carbons (Fsp3) is 0.500. The Morgan fingerprint density at radius 3 is 2.38 bits per heavy atom. The maximum absolute atomic E-state index is 10.5. The summed E-state index contributed by atoms with van der Waals surface area (Å²) in [5.41, 5.74) is 6.06. The quantitative estimate of drug-likeness (QED) is 0.630. The summed E-state index contributed by atoms with van der Waals surface area (Å²) in [6.45, 7) is 12.8. The van der Waals surface area contributed by atoms with Gasteiger partial charge in [0.25, 0.3) is 0 Å². The zero-order valence-electron chi connectivity index (χ0n) is 14.5. The highest BCUT2D eigenvalue weighted by molar-refractivity contribution is 5.47. The van der Waals surface area contributed by atoms with Crippen molar-refractivity contribution in [2.45, 2.75) is 66.7 Å². The van der Waals surface area contributed by atoms with E-state index in [0.717, 1.165) is 30.4 Å². The highest BCUT2D eigenvalue weighted by atomic mass is 16.3. The van der Waals surface area contributed by atoms with Gasteiger partial charge in [-0.1, -0.05) is 49.3 Å². The molecule has 21 heavy (non-hydrogen) atoms. The zero-order valence-corrected chi connectivity index (χ0v) is 14.5. The molecule has 0 aromatic heterocycles. The van der Waals surface area contributed by atoms with Gasteiger partial charge in [-0.05, 0) is 64.0 Å². The molecule has 0 spiro atoms. The number of hydrogen-bond donors (Lipinski definition) is 1. The second kappa shape index (κ2) is 8.07. The van der Waals surface area contributed by atoms with Gasteiger partial charge in [-0.15, -0.1) is 0 Å². The van der Waals surface area contributed by atoms with E-state index in [4.69, 9.17) is 0 Å². The van der Waals surface area contributed by atoms with E-state index in [-0.39, 0.29) is 0 Å². The van der Waals surface area contributed by atoms with Gasteiger partial charge in [0.05, 0.1) is 0 Å². The Morgan fingerprint density at radius 2 is 1.81 bits per heavy atom. The van der Waals surface area contributed by atoms with Crippen molar-refractivity contribution in [3.05, 3.63) is 52.1 Å². The molecule has 1 aromatic rings. The van der Waals surface area contributed by atoms with Gasteiger partial charge in [-0.2, -0.15) is 0 Å². The molecule has 0 fully saturated rings. The maximum Gasteiger partial charge on any atom is 0.122 e. The molecule has 0 heterocycles. The van der Waals surface area contributed by atoms with Gasteiger partial charge in [0, 0.05) is 5.56 Å². The minimum atomic E-state index is 0.354. The van der Waals surface area contributed by atoms with Crippen LogP contribution >= 0.6 is 0 Å². The predicted molar refractivity (Wildman–Crippen MR) is 93.1 cm³/mol. The van der Waals surface area contributed by atoms with E-state index < -0.39 is 0 Å². The van der Waals surface area contributed by atoms with Gasteiger partial charge in [-0.3, -0.25) is 0 Å². The van der Waals surface area contributed by atoms with Crippen LogP contribution in [0.5, 0.6) is 5.75 Å². The minimum absolute atomic E-state index is 0.354. The SMILES string of the molecule is CC(C)=CCCC(C)=CCc1c(C)ccc(C(C)C)c1O. The summed E-state index contributed by atoms with van der Waals surface area (Å²) in [6.07, 6.45) is 7.54. The minimum Gasteiger partial charge on any atom is -0.507 e. The highest BCUT2D eigenvalue weighted by Crippen LogP contribution is 2.32. The zero-order chi connectivity index (χ0) is 16.0. The monoisotopic (exact) mass is 286 g/mol. The van der Waals surface area contributed by atoms with E-state index >= 15 is 0 Å². The van der Waals surface area contributed by atoms with Crippen molar-refractivity contribution >= 4 is 0 Å². The Hall–Kier alpha value is -1.50. The summed E-state index contributed by atoms with van der Waals surface area (Å²) in [5.74, 6) is 0.838. The molecule has 0 saturated carbocycles. The van der Waals surface area contributed by atoms with Gasteiger partial charge in [-0.25, -0.2) is 0 Å². The third-order valence-corrected chi connectivity index (χ3v) is 3.92. The molecule has 0 atom stereocenters. The van der Waals surface area contributed by atoms with E-state index in [9.17, 15) is 5.11 Å². The van der Waals surface area contributed by atoms with Crippen LogP contribution in [0, 0.1) is 6.92 Å². The average molecular weight is 286 g/mol. The lowest BCUT2D eigenvalue weighted by atomic mass is 9.94. The predicted octanol–water partition coefficient (Wildman–Crippen LogP) is 6.06. The number of aromatic hydroxyl groups is 1. The molecule has 0 unspecified atom stereocenters. The lowest BCUT2D eigenvalue weighted by Gasteiger charge is -2.14. The first-order chi connectivity index (χ1) is 9.82. The van der Waals surface area contributed by atoms with E-state index in [1.54, 1.807) is 0 Å². The van der Waals surface area contributed by atoms with Crippen LogP contribution in [0.25, 0.3) is 0 Å². The molecule has 0 bridgehead atoms. The smallest absolute Gasteiger partial charge is 0.122 e. The normalized spacial score (nSPS) is 11.9. The summed E-state index contributed by atoms with van der Waals surface area (Å²) in [4.78, 5) is 0. The van der Waals surface area contributed by atoms with E-state index in [1.807, 2.05) is 6.07 Å². The fourth-order valence-corrected chi connectivity index (χ4v) is 2.45. The van der Waals surface area contributed by atoms with Crippen LogP contribution in [-0.2, 0) is 6.42 Å². The maximum atomic E-state index is 10.5. The first kappa shape index (κ1) is 17.6. The molecule has 0 aliphatic heterocycles. The van der Waals surface area contributed by atoms with Gasteiger partial charge in [0.1, 0.15) is 5.75 Å². The molecule has 0 saturated heterocycles. The molecule has 0 aliphatic carbocycles. The standard InChI is InChI=1S/C20H30O/c1-14(2)8-7-9-16(5)10-12-19-17(6)11-13-18(15(3)4)20(19)21/h8,10-11,13,15,21H,7,9,12H2,1-6H3. The molecule has 0 aliphatic rings. The molecule has 1 N–H and O–H groups in total. The molecule has 0 amide bonds. The van der Waals surface area contributed by atoms with Crippen molar-refractivity contribution in [1.29, 1.82) is 0 Å². The van der Waals surface area contributed by atoms with Gasteiger partial charge in [0.15, 0.2) is 0 Å². The van der Waals surface area contributed by atoms with Crippen molar-refractivity contribution in [2.75, 3.05) is 0 Å². The second-order valence-electron chi connectivity index (χ2n) is 6.53. The van der Waals surface area contributed by atoms with Crippen molar-refractivity contribution < 1.29 is 5.11 Å². The topological polar surface area (TPSA) is 20.2 Å². The van der Waals surface area contributed by atoms with Gasteiger partial charge < -0.3 is 5.11 Å². The van der Waals surface area contributed by atoms with Crippen LogP contribution in [0.1, 0.15) is 70.1 Å². The lowest BCUT2D eigenvalue weighted by Crippen LogP contribution is -1.96. The van der Waals surface area contributed by atoms with Crippen LogP contribution in [0.3, 0.4) is 0 Å². The Balaban J connectivity index is 2.83. The van der Waals surface area contributed by atoms with Crippen molar-refractivity contribution in [3.63, 3.8) is 0 Å². The number of allylic oxidation sites excluding steroid dienone is 4. The van der Waals surface area contributed by atoms with E-state index in [1.165, 1.54) is 16.7 Å². The summed E-state index contributed by atoms with van der Waals surface area (Å²) < 4.78 is 0. The lowest BCUT2D eigenvalue weighted by molar-refractivity contribution is 0.458. The second-order valence-corrected chi connectivity index (χ2v) is 6.53. The molecule has 116 valence electrons. The summed E-state index contributed by atoms with van der Waals surface area (Å²) in [5, 5.41) is 10.5. The van der Waals surface area contributed by atoms with Gasteiger partial charge in [0.2, 0.25) is 0 Å². The Kier molecular flexibility index (Phi) is 6.74. The van der Waals surface area contributed by atoms with Crippen LogP contribution in [0.15, 0.2) is 35.4 Å². The number of aryl methyl sites for hydroxylation is 1. The molecule has 1 aromatic carbocycles. The Morgan fingerprint density at radius 1 is 1.14 bits per heavy atom. The Labute approximate surface area is 130 Å². The summed E-state index contributed by atoms with van der Waals surface area (Å²) >= 11 is 0. The fourth-order valence-electron chi connectivity index (χ4n) is 2.45. The third kappa shape index (κ3) is 5.41. The largest absolute Gasteiger partial charge is 0.507 e. The molecular formula is C20H30O. The summed E-state index contributed by atoms with van der Waals surface area (Å²) in [7, 11) is 0. The Bertz CT molecular complexity index is 529. The number of benzene rings is 1. The molecule has 0 radical (unpaired) electrons. The number of phenols is 1. The molecular weight excluding hydrogens is 256 g/mol. The average Bonchev–Trinajstić information content (AvgIpc) is 2.37. The highest BCUT2D eigenvalue weighted by Gasteiger charge is 2.11. The summed E-state index contributed by atoms with van der Waals surface area (Å²) in [6, 6.07) is 4.17. The van der Waals surface area contributed by atoms with Crippen molar-refractivity contribution in [2.24, 2.45) is 0 Å². The number of rotatable bonds is 6. The first-order valence-corrected chi connectivity index (χ1v) is 7.93. The van der Waals surface area contributed by atoms with E-state index in [0.29, 0.717) is 11.7 Å². The van der Waals surface area contributed by atoms with Crippen molar-refractivity contribution in [1.82, 2.24) is 0 Å². The van der Waals surface area contributed by atoms with Crippen LogP contribution in [0.2, 0.25) is 0 Å². The number of hydrogen-bond acceptors (Lipinski definition) is 1. The van der Waals surface area contributed by atoms with Crippen LogP contribution in [0.4, 0.5) is 0 Å². The van der Waals surface area contributed by atoms with Crippen LogP contribution in [-0.4, -0.2) is 5.11 Å². The van der Waals surface area contributed by atoms with Gasteiger partial charge >= 0.3 is 0 Å². The molecule has 1 heteroatoms. The molecule has 1 rings (SSSR count). The first-order valence-electron chi connectivity index (χ1n) is 7.93. The molecule has 1 nitrogen and oxygen atoms in total. The van der Waals surface area contributed by atoms with Crippen molar-refractivity contribution in [3.8, 4) is 5.75 Å². The third-order valence-electron chi connectivity index (χ3n) is 3.92. The number of phenolic OH excluding ortho intramolecular Hbond substituents is 1.